The molecule has 0 amide bonds. The molecule has 0 saturated carbocycles. The maximum atomic E-state index is 14.5. The molecule has 3 rings (SSSR count). The zero-order chi connectivity index (χ0) is 18.1. The lowest BCUT2D eigenvalue weighted by atomic mass is 9.96. The Hall–Kier alpha value is -3.15. The van der Waals surface area contributed by atoms with Crippen LogP contribution in [0.2, 0.25) is 0 Å². The summed E-state index contributed by atoms with van der Waals surface area (Å²) in [5.74, 6) is -0.752. The molecule has 128 valence electrons. The molecule has 0 bridgehead atoms. The molecular formula is C19H18FN3O2. The SMILES string of the molecule is Cc1cccc(C)c1-c1c(/C=N\O)c(C)nn1-c1ccc(O)cc1F. The van der Waals surface area contributed by atoms with Crippen molar-refractivity contribution in [2.75, 3.05) is 0 Å². The van der Waals surface area contributed by atoms with E-state index in [0.29, 0.717) is 17.0 Å². The van der Waals surface area contributed by atoms with Crippen LogP contribution in [-0.2, 0) is 0 Å². The number of phenols is 1. The fourth-order valence-corrected chi connectivity index (χ4v) is 3.02. The Morgan fingerprint density at radius 2 is 1.80 bits per heavy atom. The molecule has 0 aliphatic rings. The Labute approximate surface area is 144 Å². The van der Waals surface area contributed by atoms with E-state index in [4.69, 9.17) is 5.21 Å². The van der Waals surface area contributed by atoms with Crippen molar-refractivity contribution in [2.45, 2.75) is 20.8 Å². The summed E-state index contributed by atoms with van der Waals surface area (Å²) < 4.78 is 15.9. The van der Waals surface area contributed by atoms with Gasteiger partial charge in [0.1, 0.15) is 11.4 Å². The fourth-order valence-electron chi connectivity index (χ4n) is 3.02. The topological polar surface area (TPSA) is 70.6 Å². The summed E-state index contributed by atoms with van der Waals surface area (Å²) in [5.41, 5.74) is 4.92. The predicted molar refractivity (Wildman–Crippen MR) is 94.2 cm³/mol. The second-order valence-corrected chi connectivity index (χ2v) is 5.91. The minimum Gasteiger partial charge on any atom is -0.508 e. The lowest BCUT2D eigenvalue weighted by Gasteiger charge is -2.14. The van der Waals surface area contributed by atoms with Gasteiger partial charge in [0.15, 0.2) is 5.82 Å². The van der Waals surface area contributed by atoms with Crippen LogP contribution in [0.3, 0.4) is 0 Å². The first-order valence-corrected chi connectivity index (χ1v) is 7.76. The van der Waals surface area contributed by atoms with Crippen molar-refractivity contribution in [3.8, 4) is 22.7 Å². The normalized spacial score (nSPS) is 11.4. The van der Waals surface area contributed by atoms with Gasteiger partial charge < -0.3 is 10.3 Å². The molecule has 0 unspecified atom stereocenters. The summed E-state index contributed by atoms with van der Waals surface area (Å²) >= 11 is 0. The zero-order valence-electron chi connectivity index (χ0n) is 14.2. The summed E-state index contributed by atoms with van der Waals surface area (Å²) in [5, 5.41) is 26.1. The molecule has 0 radical (unpaired) electrons. The highest BCUT2D eigenvalue weighted by atomic mass is 19.1. The number of nitrogens with zero attached hydrogens (tertiary/aromatic N) is 3. The minimum atomic E-state index is -0.595. The molecule has 2 aromatic carbocycles. The Bertz CT molecular complexity index is 957. The Kier molecular flexibility index (Phi) is 4.27. The smallest absolute Gasteiger partial charge is 0.152 e. The average Bonchev–Trinajstić information content (AvgIpc) is 2.85. The summed E-state index contributed by atoms with van der Waals surface area (Å²) in [6, 6.07) is 9.78. The molecule has 5 nitrogen and oxygen atoms in total. The van der Waals surface area contributed by atoms with E-state index in [2.05, 4.69) is 10.3 Å². The van der Waals surface area contributed by atoms with Crippen LogP contribution in [0.15, 0.2) is 41.6 Å². The molecule has 0 fully saturated rings. The van der Waals surface area contributed by atoms with Gasteiger partial charge in [0.2, 0.25) is 0 Å². The number of halogens is 1. The van der Waals surface area contributed by atoms with Crippen molar-refractivity contribution < 1.29 is 14.7 Å². The molecule has 0 spiro atoms. The largest absolute Gasteiger partial charge is 0.508 e. The van der Waals surface area contributed by atoms with E-state index in [1.165, 1.54) is 23.0 Å². The molecule has 1 heterocycles. The van der Waals surface area contributed by atoms with Crippen molar-refractivity contribution in [2.24, 2.45) is 5.16 Å². The first-order valence-electron chi connectivity index (χ1n) is 7.76. The number of hydrogen-bond donors (Lipinski definition) is 2. The third-order valence-corrected chi connectivity index (χ3v) is 4.17. The van der Waals surface area contributed by atoms with Gasteiger partial charge in [0.25, 0.3) is 0 Å². The van der Waals surface area contributed by atoms with Crippen LogP contribution in [0, 0.1) is 26.6 Å². The number of oxime groups is 1. The molecule has 6 heteroatoms. The van der Waals surface area contributed by atoms with Crippen molar-refractivity contribution in [1.29, 1.82) is 0 Å². The van der Waals surface area contributed by atoms with E-state index < -0.39 is 5.82 Å². The van der Waals surface area contributed by atoms with Gasteiger partial charge in [-0.05, 0) is 44.0 Å². The van der Waals surface area contributed by atoms with Crippen LogP contribution < -0.4 is 0 Å². The Balaban J connectivity index is 2.40. The van der Waals surface area contributed by atoms with Crippen molar-refractivity contribution in [3.05, 3.63) is 64.6 Å². The molecule has 0 aliphatic carbocycles. The molecule has 2 N–H and O–H groups in total. The van der Waals surface area contributed by atoms with Crippen LogP contribution in [0.1, 0.15) is 22.4 Å². The molecule has 25 heavy (non-hydrogen) atoms. The van der Waals surface area contributed by atoms with Crippen LogP contribution in [-0.4, -0.2) is 26.3 Å². The lowest BCUT2D eigenvalue weighted by molar-refractivity contribution is 0.322. The number of aromatic nitrogens is 2. The second kappa shape index (κ2) is 6.39. The molecule has 3 aromatic rings. The summed E-state index contributed by atoms with van der Waals surface area (Å²) in [4.78, 5) is 0. The molecule has 0 aliphatic heterocycles. The van der Waals surface area contributed by atoms with E-state index >= 15 is 0 Å². The highest BCUT2D eigenvalue weighted by Gasteiger charge is 2.22. The fraction of sp³-hybridized carbons (Fsp3) is 0.158. The predicted octanol–water partition coefficient (Wildman–Crippen LogP) is 4.12. The Morgan fingerprint density at radius 1 is 1.12 bits per heavy atom. The molecular weight excluding hydrogens is 321 g/mol. The molecule has 0 atom stereocenters. The Morgan fingerprint density at radius 3 is 2.40 bits per heavy atom. The number of aryl methyl sites for hydroxylation is 3. The van der Waals surface area contributed by atoms with Gasteiger partial charge in [-0.3, -0.25) is 0 Å². The van der Waals surface area contributed by atoms with Gasteiger partial charge in [-0.25, -0.2) is 9.07 Å². The number of benzene rings is 2. The first-order chi connectivity index (χ1) is 11.9. The quantitative estimate of drug-likeness (QED) is 0.428. The maximum Gasteiger partial charge on any atom is 0.152 e. The molecule has 1 aromatic heterocycles. The van der Waals surface area contributed by atoms with Gasteiger partial charge in [0, 0.05) is 17.2 Å². The van der Waals surface area contributed by atoms with Gasteiger partial charge >= 0.3 is 0 Å². The zero-order valence-corrected chi connectivity index (χ0v) is 14.2. The third kappa shape index (κ3) is 2.87. The van der Waals surface area contributed by atoms with E-state index in [1.54, 1.807) is 6.92 Å². The number of phenolic OH excluding ortho intramolecular Hbond substituents is 1. The van der Waals surface area contributed by atoms with E-state index in [0.717, 1.165) is 22.8 Å². The second-order valence-electron chi connectivity index (χ2n) is 5.91. The van der Waals surface area contributed by atoms with Crippen molar-refractivity contribution in [1.82, 2.24) is 9.78 Å². The number of hydrogen-bond acceptors (Lipinski definition) is 4. The summed E-state index contributed by atoms with van der Waals surface area (Å²) in [6.07, 6.45) is 1.30. The minimum absolute atomic E-state index is 0.157. The van der Waals surface area contributed by atoms with Gasteiger partial charge in [-0.1, -0.05) is 23.4 Å². The van der Waals surface area contributed by atoms with E-state index in [-0.39, 0.29) is 11.4 Å². The van der Waals surface area contributed by atoms with E-state index in [1.807, 2.05) is 32.0 Å². The summed E-state index contributed by atoms with van der Waals surface area (Å²) in [7, 11) is 0. The van der Waals surface area contributed by atoms with Crippen LogP contribution in [0.4, 0.5) is 4.39 Å². The summed E-state index contributed by atoms with van der Waals surface area (Å²) in [6.45, 7) is 5.69. The standard InChI is InChI=1S/C19H18FN3O2/c1-11-5-4-6-12(2)18(11)19-15(10-21-25)13(3)22-23(19)17-8-7-14(24)9-16(17)20/h4-10,24-25H,1-3H3/b21-10-. The van der Waals surface area contributed by atoms with Crippen LogP contribution >= 0.6 is 0 Å². The van der Waals surface area contributed by atoms with Crippen molar-refractivity contribution in [3.63, 3.8) is 0 Å². The van der Waals surface area contributed by atoms with Gasteiger partial charge in [-0.15, -0.1) is 0 Å². The van der Waals surface area contributed by atoms with Crippen molar-refractivity contribution >= 4 is 6.21 Å². The highest BCUT2D eigenvalue weighted by molar-refractivity contribution is 5.92. The van der Waals surface area contributed by atoms with Crippen LogP contribution in [0.5, 0.6) is 5.75 Å². The number of rotatable bonds is 3. The van der Waals surface area contributed by atoms with Gasteiger partial charge in [0.05, 0.1) is 17.6 Å². The highest BCUT2D eigenvalue weighted by Crippen LogP contribution is 2.34. The van der Waals surface area contributed by atoms with E-state index in [9.17, 15) is 9.50 Å². The first kappa shape index (κ1) is 16.7. The monoisotopic (exact) mass is 339 g/mol. The lowest BCUT2D eigenvalue weighted by Crippen LogP contribution is -2.04. The maximum absolute atomic E-state index is 14.5. The third-order valence-electron chi connectivity index (χ3n) is 4.17. The molecule has 0 saturated heterocycles. The average molecular weight is 339 g/mol. The van der Waals surface area contributed by atoms with Crippen LogP contribution in [0.25, 0.3) is 16.9 Å². The van der Waals surface area contributed by atoms with Gasteiger partial charge in [-0.2, -0.15) is 5.10 Å². The number of aromatic hydroxyl groups is 1.